The van der Waals surface area contributed by atoms with Crippen LogP contribution in [0.25, 0.3) is 0 Å². The zero-order valence-corrected chi connectivity index (χ0v) is 19.0. The lowest BCUT2D eigenvalue weighted by atomic mass is 10.1. The summed E-state index contributed by atoms with van der Waals surface area (Å²) < 4.78 is 11.0. The van der Waals surface area contributed by atoms with Gasteiger partial charge in [0.2, 0.25) is 5.91 Å². The Morgan fingerprint density at radius 2 is 1.77 bits per heavy atom. The van der Waals surface area contributed by atoms with Crippen molar-refractivity contribution in [1.29, 1.82) is 0 Å². The lowest BCUT2D eigenvalue weighted by molar-refractivity contribution is -0.133. The zero-order valence-electron chi connectivity index (χ0n) is 19.0. The Morgan fingerprint density at radius 3 is 2.48 bits per heavy atom. The van der Waals surface area contributed by atoms with Crippen LogP contribution < -0.4 is 14.8 Å². The molecule has 2 saturated heterocycles. The molecular weight excluding hydrogens is 394 g/mol. The van der Waals surface area contributed by atoms with E-state index >= 15 is 0 Å². The van der Waals surface area contributed by atoms with Crippen molar-refractivity contribution in [2.75, 3.05) is 73.1 Å². The van der Waals surface area contributed by atoms with E-state index in [1.807, 2.05) is 36.2 Å². The highest BCUT2D eigenvalue weighted by molar-refractivity contribution is 5.80. The van der Waals surface area contributed by atoms with Gasteiger partial charge >= 0.3 is 0 Å². The van der Waals surface area contributed by atoms with Gasteiger partial charge in [-0.25, -0.2) is 0 Å². The van der Waals surface area contributed by atoms with Crippen molar-refractivity contribution < 1.29 is 14.3 Å². The SMILES string of the molecule is CN=C(NCCCOc1cccc(OC)c1)N1CCN(CC(=O)N2CCCCC2)CC1. The first-order chi connectivity index (χ1) is 15.2. The first kappa shape index (κ1) is 23.2. The van der Waals surface area contributed by atoms with Crippen molar-refractivity contribution in [2.24, 2.45) is 4.99 Å². The third-order valence-electron chi connectivity index (χ3n) is 5.87. The number of nitrogens with one attached hydrogen (secondary N) is 1. The van der Waals surface area contributed by atoms with E-state index in [2.05, 4.69) is 20.1 Å². The van der Waals surface area contributed by atoms with Crippen molar-refractivity contribution >= 4 is 11.9 Å². The molecule has 8 heteroatoms. The summed E-state index contributed by atoms with van der Waals surface area (Å²) in [6.07, 6.45) is 4.42. The Labute approximate surface area is 186 Å². The first-order valence-corrected chi connectivity index (χ1v) is 11.4. The molecule has 1 amide bonds. The van der Waals surface area contributed by atoms with E-state index in [0.29, 0.717) is 13.2 Å². The van der Waals surface area contributed by atoms with Gasteiger partial charge < -0.3 is 24.6 Å². The quantitative estimate of drug-likeness (QED) is 0.384. The first-order valence-electron chi connectivity index (χ1n) is 11.4. The molecule has 1 N–H and O–H groups in total. The molecule has 2 aliphatic rings. The smallest absolute Gasteiger partial charge is 0.236 e. The van der Waals surface area contributed by atoms with Crippen LogP contribution in [0.15, 0.2) is 29.3 Å². The normalized spacial score (nSPS) is 18.1. The number of piperazine rings is 1. The number of ether oxygens (including phenoxy) is 2. The molecule has 0 bridgehead atoms. The van der Waals surface area contributed by atoms with Crippen LogP contribution in [0.3, 0.4) is 0 Å². The molecule has 0 aliphatic carbocycles. The van der Waals surface area contributed by atoms with Crippen LogP contribution in [0.1, 0.15) is 25.7 Å². The Bertz CT molecular complexity index is 713. The number of carbonyl (C=O) groups is 1. The minimum atomic E-state index is 0.284. The highest BCUT2D eigenvalue weighted by atomic mass is 16.5. The summed E-state index contributed by atoms with van der Waals surface area (Å²) in [7, 11) is 3.47. The largest absolute Gasteiger partial charge is 0.497 e. The monoisotopic (exact) mass is 431 g/mol. The molecule has 0 radical (unpaired) electrons. The van der Waals surface area contributed by atoms with E-state index in [1.54, 1.807) is 7.11 Å². The summed E-state index contributed by atoms with van der Waals surface area (Å²) in [6.45, 7) is 7.36. The fraction of sp³-hybridized carbons (Fsp3) is 0.652. The van der Waals surface area contributed by atoms with E-state index in [1.165, 1.54) is 6.42 Å². The van der Waals surface area contributed by atoms with Crippen LogP contribution in [0.4, 0.5) is 0 Å². The van der Waals surface area contributed by atoms with Crippen LogP contribution in [-0.4, -0.2) is 99.7 Å². The van der Waals surface area contributed by atoms with Crippen molar-refractivity contribution in [3.63, 3.8) is 0 Å². The van der Waals surface area contributed by atoms with Crippen LogP contribution in [-0.2, 0) is 4.79 Å². The van der Waals surface area contributed by atoms with E-state index in [9.17, 15) is 4.79 Å². The maximum atomic E-state index is 12.5. The van der Waals surface area contributed by atoms with E-state index < -0.39 is 0 Å². The Balaban J connectivity index is 1.32. The number of nitrogens with zero attached hydrogens (tertiary/aromatic N) is 4. The second kappa shape index (κ2) is 12.4. The van der Waals surface area contributed by atoms with Crippen molar-refractivity contribution in [3.8, 4) is 11.5 Å². The number of rotatable bonds is 8. The number of hydrogen-bond acceptors (Lipinski definition) is 5. The summed E-state index contributed by atoms with van der Waals surface area (Å²) in [6, 6.07) is 7.65. The minimum Gasteiger partial charge on any atom is -0.497 e. The molecule has 172 valence electrons. The molecule has 0 spiro atoms. The average Bonchev–Trinajstić information content (AvgIpc) is 2.83. The van der Waals surface area contributed by atoms with Crippen molar-refractivity contribution in [3.05, 3.63) is 24.3 Å². The number of piperidine rings is 1. The van der Waals surface area contributed by atoms with Crippen LogP contribution in [0, 0.1) is 0 Å². The second-order valence-electron chi connectivity index (χ2n) is 8.06. The molecule has 2 aliphatic heterocycles. The van der Waals surface area contributed by atoms with Crippen molar-refractivity contribution in [2.45, 2.75) is 25.7 Å². The van der Waals surface area contributed by atoms with Gasteiger partial charge in [-0.1, -0.05) is 6.07 Å². The van der Waals surface area contributed by atoms with Gasteiger partial charge in [0.1, 0.15) is 11.5 Å². The minimum absolute atomic E-state index is 0.284. The molecule has 0 unspecified atom stereocenters. The fourth-order valence-corrected chi connectivity index (χ4v) is 4.04. The molecule has 1 aromatic carbocycles. The predicted octanol–water partition coefficient (Wildman–Crippen LogP) is 1.67. The number of methoxy groups -OCH3 is 1. The van der Waals surface area contributed by atoms with E-state index in [4.69, 9.17) is 9.47 Å². The van der Waals surface area contributed by atoms with Crippen molar-refractivity contribution in [1.82, 2.24) is 20.0 Å². The molecule has 8 nitrogen and oxygen atoms in total. The number of amides is 1. The zero-order chi connectivity index (χ0) is 21.9. The summed E-state index contributed by atoms with van der Waals surface area (Å²) >= 11 is 0. The summed E-state index contributed by atoms with van der Waals surface area (Å²) in [5.74, 6) is 2.82. The number of aliphatic imine (C=N–C) groups is 1. The summed E-state index contributed by atoms with van der Waals surface area (Å²) in [4.78, 5) is 23.5. The molecule has 31 heavy (non-hydrogen) atoms. The lowest BCUT2D eigenvalue weighted by Crippen LogP contribution is -2.54. The number of guanidine groups is 1. The third-order valence-corrected chi connectivity index (χ3v) is 5.87. The maximum absolute atomic E-state index is 12.5. The van der Waals surface area contributed by atoms with Gasteiger partial charge in [-0.3, -0.25) is 14.7 Å². The predicted molar refractivity (Wildman–Crippen MR) is 123 cm³/mol. The summed E-state index contributed by atoms with van der Waals surface area (Å²) in [5.41, 5.74) is 0. The molecule has 0 aromatic heterocycles. The van der Waals surface area contributed by atoms with E-state index in [0.717, 1.165) is 82.5 Å². The average molecular weight is 432 g/mol. The van der Waals surface area contributed by atoms with Crippen LogP contribution >= 0.6 is 0 Å². The number of carbonyl (C=O) groups excluding carboxylic acids is 1. The third kappa shape index (κ3) is 7.31. The standard InChI is InChI=1S/C23H37N5O3/c1-24-23(25-10-7-17-31-21-9-6-8-20(18-21)30-2)28-15-13-26(14-16-28)19-22(29)27-11-4-3-5-12-27/h6,8-9,18H,3-5,7,10-17,19H2,1-2H3,(H,24,25). The molecule has 0 saturated carbocycles. The maximum Gasteiger partial charge on any atom is 0.236 e. The molecule has 2 heterocycles. The van der Waals surface area contributed by atoms with Gasteiger partial charge in [0.05, 0.1) is 20.3 Å². The molecule has 3 rings (SSSR count). The van der Waals surface area contributed by atoms with Gasteiger partial charge in [-0.15, -0.1) is 0 Å². The van der Waals surface area contributed by atoms with Gasteiger partial charge in [0.15, 0.2) is 5.96 Å². The van der Waals surface area contributed by atoms with Gasteiger partial charge in [-0.05, 0) is 37.8 Å². The summed E-state index contributed by atoms with van der Waals surface area (Å²) in [5, 5.41) is 3.43. The molecule has 0 atom stereocenters. The number of benzene rings is 1. The second-order valence-corrected chi connectivity index (χ2v) is 8.06. The Kier molecular flexibility index (Phi) is 9.27. The molecule has 2 fully saturated rings. The van der Waals surface area contributed by atoms with Gasteiger partial charge in [0.25, 0.3) is 0 Å². The van der Waals surface area contributed by atoms with E-state index in [-0.39, 0.29) is 5.91 Å². The van der Waals surface area contributed by atoms with Crippen LogP contribution in [0.5, 0.6) is 11.5 Å². The lowest BCUT2D eigenvalue weighted by Gasteiger charge is -2.37. The van der Waals surface area contributed by atoms with Gasteiger partial charge in [-0.2, -0.15) is 0 Å². The fourth-order valence-electron chi connectivity index (χ4n) is 4.04. The molecular formula is C23H37N5O3. The molecule has 1 aromatic rings. The number of likely N-dealkylation sites (tertiary alicyclic amines) is 1. The Hall–Kier alpha value is -2.48. The highest BCUT2D eigenvalue weighted by Crippen LogP contribution is 2.18. The Morgan fingerprint density at radius 1 is 1.03 bits per heavy atom. The number of hydrogen-bond donors (Lipinski definition) is 1. The highest BCUT2D eigenvalue weighted by Gasteiger charge is 2.23. The van der Waals surface area contributed by atoms with Gasteiger partial charge in [0, 0.05) is 58.9 Å². The topological polar surface area (TPSA) is 69.6 Å². The van der Waals surface area contributed by atoms with Crippen LogP contribution in [0.2, 0.25) is 0 Å².